The molecule has 0 aliphatic rings. The van der Waals surface area contributed by atoms with E-state index in [1.165, 1.54) is 23.4 Å². The molecule has 8 heteroatoms. The number of nitro groups is 1. The summed E-state index contributed by atoms with van der Waals surface area (Å²) in [6, 6.07) is 1.35. The Bertz CT molecular complexity index is 505. The Morgan fingerprint density at radius 1 is 1.69 bits per heavy atom. The van der Waals surface area contributed by atoms with Crippen LogP contribution in [0, 0.1) is 10.1 Å². The van der Waals surface area contributed by atoms with Crippen LogP contribution in [0.15, 0.2) is 18.7 Å². The highest BCUT2D eigenvalue weighted by Crippen LogP contribution is 2.35. The summed E-state index contributed by atoms with van der Waals surface area (Å²) in [4.78, 5) is 14.6. The zero-order valence-electron chi connectivity index (χ0n) is 8.27. The molecule has 0 saturated carbocycles. The average molecular weight is 240 g/mol. The summed E-state index contributed by atoms with van der Waals surface area (Å²) in [5.74, 6) is 0. The number of rotatable bonds is 3. The Kier molecular flexibility index (Phi) is 2.67. The molecule has 2 aromatic heterocycles. The molecule has 1 atom stereocenters. The van der Waals surface area contributed by atoms with Gasteiger partial charge in [0.1, 0.15) is 12.7 Å². The normalized spacial score (nSPS) is 12.6. The van der Waals surface area contributed by atoms with Crippen molar-refractivity contribution in [2.75, 3.05) is 0 Å². The quantitative estimate of drug-likeness (QED) is 0.644. The van der Waals surface area contributed by atoms with Crippen molar-refractivity contribution in [3.63, 3.8) is 0 Å². The maximum atomic E-state index is 10.8. The van der Waals surface area contributed by atoms with Crippen molar-refractivity contribution < 1.29 is 10.0 Å². The molecule has 0 saturated heterocycles. The number of aromatic nitrogens is 3. The summed E-state index contributed by atoms with van der Waals surface area (Å²) in [5, 5.41) is 24.4. The van der Waals surface area contributed by atoms with E-state index >= 15 is 0 Å². The van der Waals surface area contributed by atoms with E-state index in [-0.39, 0.29) is 5.69 Å². The van der Waals surface area contributed by atoms with Gasteiger partial charge in [-0.05, 0) is 6.92 Å². The van der Waals surface area contributed by atoms with Crippen molar-refractivity contribution in [3.8, 4) is 5.00 Å². The first-order valence-electron chi connectivity index (χ1n) is 4.40. The molecule has 0 spiro atoms. The third-order valence-electron chi connectivity index (χ3n) is 1.95. The van der Waals surface area contributed by atoms with E-state index < -0.39 is 11.0 Å². The number of hydrogen-bond donors (Lipinski definition) is 1. The summed E-state index contributed by atoms with van der Waals surface area (Å²) in [5.41, 5.74) is -0.0774. The molecule has 16 heavy (non-hydrogen) atoms. The minimum absolute atomic E-state index is 0.0774. The van der Waals surface area contributed by atoms with Crippen LogP contribution in [0.1, 0.15) is 17.9 Å². The Labute approximate surface area is 94.1 Å². The smallest absolute Gasteiger partial charge is 0.306 e. The van der Waals surface area contributed by atoms with Crippen molar-refractivity contribution in [1.29, 1.82) is 0 Å². The van der Waals surface area contributed by atoms with Crippen LogP contribution >= 0.6 is 11.3 Å². The van der Waals surface area contributed by atoms with Crippen LogP contribution in [-0.4, -0.2) is 24.8 Å². The van der Waals surface area contributed by atoms with Gasteiger partial charge >= 0.3 is 5.69 Å². The summed E-state index contributed by atoms with van der Waals surface area (Å²) in [6.07, 6.45) is 1.94. The molecule has 0 bridgehead atoms. The Morgan fingerprint density at radius 3 is 2.94 bits per heavy atom. The van der Waals surface area contributed by atoms with Gasteiger partial charge in [0.2, 0.25) is 0 Å². The highest BCUT2D eigenvalue weighted by atomic mass is 32.1. The van der Waals surface area contributed by atoms with Gasteiger partial charge in [0.05, 0.1) is 11.0 Å². The van der Waals surface area contributed by atoms with Gasteiger partial charge in [-0.15, -0.1) is 11.3 Å². The largest absolute Gasteiger partial charge is 0.388 e. The second-order valence-corrected chi connectivity index (χ2v) is 4.17. The molecule has 7 nitrogen and oxygen atoms in total. The van der Waals surface area contributed by atoms with Gasteiger partial charge in [-0.2, -0.15) is 5.10 Å². The van der Waals surface area contributed by atoms with E-state index in [4.69, 9.17) is 0 Å². The lowest BCUT2D eigenvalue weighted by molar-refractivity contribution is -0.384. The van der Waals surface area contributed by atoms with Gasteiger partial charge in [-0.3, -0.25) is 10.1 Å². The van der Waals surface area contributed by atoms with E-state index in [9.17, 15) is 15.2 Å². The predicted octanol–water partition coefficient (Wildman–Crippen LogP) is 1.29. The molecule has 0 fully saturated rings. The fourth-order valence-corrected chi connectivity index (χ4v) is 2.19. The zero-order valence-corrected chi connectivity index (χ0v) is 9.09. The SMILES string of the molecule is C[C@H](O)c1cc([N+](=O)[O-])c(-n2cncn2)s1. The summed E-state index contributed by atoms with van der Waals surface area (Å²) >= 11 is 1.12. The van der Waals surface area contributed by atoms with Crippen LogP contribution in [0.2, 0.25) is 0 Å². The number of hydrogen-bond acceptors (Lipinski definition) is 6. The second kappa shape index (κ2) is 3.99. The van der Waals surface area contributed by atoms with Crippen LogP contribution < -0.4 is 0 Å². The highest BCUT2D eigenvalue weighted by molar-refractivity contribution is 7.15. The Morgan fingerprint density at radius 2 is 2.44 bits per heavy atom. The van der Waals surface area contributed by atoms with Crippen LogP contribution in [0.4, 0.5) is 5.69 Å². The first kappa shape index (κ1) is 10.7. The monoisotopic (exact) mass is 240 g/mol. The lowest BCUT2D eigenvalue weighted by Crippen LogP contribution is -1.95. The second-order valence-electron chi connectivity index (χ2n) is 3.11. The molecule has 0 amide bonds. The van der Waals surface area contributed by atoms with Gasteiger partial charge < -0.3 is 5.11 Å². The van der Waals surface area contributed by atoms with E-state index in [1.807, 2.05) is 0 Å². The fraction of sp³-hybridized carbons (Fsp3) is 0.250. The molecule has 0 aliphatic carbocycles. The first-order valence-corrected chi connectivity index (χ1v) is 5.22. The van der Waals surface area contributed by atoms with Crippen molar-refractivity contribution >= 4 is 17.0 Å². The number of thiophene rings is 1. The molecule has 0 aromatic carbocycles. The van der Waals surface area contributed by atoms with Crippen LogP contribution in [0.25, 0.3) is 5.00 Å². The third kappa shape index (κ3) is 1.79. The highest BCUT2D eigenvalue weighted by Gasteiger charge is 2.22. The van der Waals surface area contributed by atoms with Crippen molar-refractivity contribution in [1.82, 2.24) is 14.8 Å². The molecule has 0 unspecified atom stereocenters. The lowest BCUT2D eigenvalue weighted by Gasteiger charge is -1.96. The van der Waals surface area contributed by atoms with Gasteiger partial charge in [-0.1, -0.05) is 0 Å². The van der Waals surface area contributed by atoms with Gasteiger partial charge in [-0.25, -0.2) is 9.67 Å². The number of nitrogens with zero attached hydrogens (tertiary/aromatic N) is 4. The van der Waals surface area contributed by atoms with Crippen LogP contribution in [0.3, 0.4) is 0 Å². The average Bonchev–Trinajstić information content (AvgIpc) is 2.86. The predicted molar refractivity (Wildman–Crippen MR) is 56.5 cm³/mol. The van der Waals surface area contributed by atoms with Gasteiger partial charge in [0.15, 0.2) is 5.00 Å². The number of aliphatic hydroxyl groups is 1. The van der Waals surface area contributed by atoms with Crippen molar-refractivity contribution in [3.05, 3.63) is 33.7 Å². The Balaban J connectivity index is 2.55. The summed E-state index contributed by atoms with van der Waals surface area (Å²) < 4.78 is 1.31. The summed E-state index contributed by atoms with van der Waals surface area (Å²) in [7, 11) is 0. The molecular weight excluding hydrogens is 232 g/mol. The van der Waals surface area contributed by atoms with Crippen LogP contribution in [0.5, 0.6) is 0 Å². The van der Waals surface area contributed by atoms with Crippen LogP contribution in [-0.2, 0) is 0 Å². The fourth-order valence-electron chi connectivity index (χ4n) is 1.20. The zero-order chi connectivity index (χ0) is 11.7. The maximum Gasteiger partial charge on any atom is 0.306 e. The van der Waals surface area contributed by atoms with Gasteiger partial charge in [0, 0.05) is 10.9 Å². The third-order valence-corrected chi connectivity index (χ3v) is 3.23. The van der Waals surface area contributed by atoms with Crippen molar-refractivity contribution in [2.24, 2.45) is 0 Å². The Hall–Kier alpha value is -1.80. The van der Waals surface area contributed by atoms with E-state index in [0.29, 0.717) is 9.88 Å². The standard InChI is InChI=1S/C8H8N4O3S/c1-5(13)7-2-6(12(14)15)8(16-7)11-4-9-3-10-11/h2-5,13H,1H3/t5-/m0/s1. The molecule has 1 N–H and O–H groups in total. The van der Waals surface area contributed by atoms with E-state index in [0.717, 1.165) is 11.3 Å². The molecule has 2 rings (SSSR count). The molecule has 0 radical (unpaired) electrons. The topological polar surface area (TPSA) is 94.1 Å². The van der Waals surface area contributed by atoms with Gasteiger partial charge in [0.25, 0.3) is 0 Å². The first-order chi connectivity index (χ1) is 7.59. The lowest BCUT2D eigenvalue weighted by atomic mass is 10.3. The van der Waals surface area contributed by atoms with E-state index in [2.05, 4.69) is 10.1 Å². The minimum atomic E-state index is -0.735. The van der Waals surface area contributed by atoms with E-state index in [1.54, 1.807) is 6.92 Å². The molecule has 2 aromatic rings. The summed E-state index contributed by atoms with van der Waals surface area (Å²) in [6.45, 7) is 1.56. The number of aliphatic hydroxyl groups excluding tert-OH is 1. The molecule has 0 aliphatic heterocycles. The minimum Gasteiger partial charge on any atom is -0.388 e. The van der Waals surface area contributed by atoms with Crippen molar-refractivity contribution in [2.45, 2.75) is 13.0 Å². The maximum absolute atomic E-state index is 10.8. The molecule has 84 valence electrons. The molecule has 2 heterocycles. The molecular formula is C8H8N4O3S.